The number of carbonyl (C=O) groups excluding carboxylic acids is 1. The Morgan fingerprint density at radius 3 is 3.10 bits per heavy atom. The maximum absolute atomic E-state index is 10.9. The molecule has 0 saturated carbocycles. The molecule has 1 aliphatic heterocycles. The van der Waals surface area contributed by atoms with E-state index >= 15 is 0 Å². The quantitative estimate of drug-likeness (QED) is 0.588. The standard InChI is InChI=1S/C8H15NO/c1-2-7-5-3-4-6-8(10)9-7/h7H,2-6H2,1H3,(H,9,10). The van der Waals surface area contributed by atoms with Crippen LogP contribution in [0.2, 0.25) is 0 Å². The zero-order valence-corrected chi connectivity index (χ0v) is 6.52. The molecule has 0 spiro atoms. The predicted molar refractivity (Wildman–Crippen MR) is 40.7 cm³/mol. The summed E-state index contributed by atoms with van der Waals surface area (Å²) in [6.45, 7) is 2.12. The molecule has 0 aromatic carbocycles. The molecule has 1 amide bonds. The maximum Gasteiger partial charge on any atom is 0.220 e. The van der Waals surface area contributed by atoms with Crippen LogP contribution in [-0.4, -0.2) is 11.9 Å². The van der Waals surface area contributed by atoms with Crippen LogP contribution in [0.15, 0.2) is 0 Å². The van der Waals surface area contributed by atoms with Crippen molar-refractivity contribution in [2.75, 3.05) is 0 Å². The first-order valence-electron chi connectivity index (χ1n) is 4.12. The third-order valence-corrected chi connectivity index (χ3v) is 2.06. The summed E-state index contributed by atoms with van der Waals surface area (Å²) in [6, 6.07) is 0.454. The molecular formula is C8H15NO. The smallest absolute Gasteiger partial charge is 0.220 e. The predicted octanol–water partition coefficient (Wildman–Crippen LogP) is 1.46. The molecule has 1 atom stereocenters. The lowest BCUT2D eigenvalue weighted by molar-refractivity contribution is -0.121. The first-order valence-corrected chi connectivity index (χ1v) is 4.12. The van der Waals surface area contributed by atoms with E-state index in [4.69, 9.17) is 0 Å². The minimum atomic E-state index is 0.240. The molecule has 0 aliphatic carbocycles. The summed E-state index contributed by atoms with van der Waals surface area (Å²) in [5.74, 6) is 0.240. The van der Waals surface area contributed by atoms with Gasteiger partial charge in [0, 0.05) is 12.5 Å². The minimum absolute atomic E-state index is 0.240. The first kappa shape index (κ1) is 7.58. The largest absolute Gasteiger partial charge is 0.353 e. The van der Waals surface area contributed by atoms with Gasteiger partial charge in [0.1, 0.15) is 0 Å². The van der Waals surface area contributed by atoms with Crippen molar-refractivity contribution in [2.24, 2.45) is 0 Å². The number of amides is 1. The van der Waals surface area contributed by atoms with Crippen molar-refractivity contribution in [3.05, 3.63) is 0 Å². The Kier molecular flexibility index (Phi) is 2.72. The highest BCUT2D eigenvalue weighted by molar-refractivity contribution is 5.76. The van der Waals surface area contributed by atoms with Gasteiger partial charge in [-0.15, -0.1) is 0 Å². The van der Waals surface area contributed by atoms with Crippen LogP contribution in [0.1, 0.15) is 39.0 Å². The van der Waals surface area contributed by atoms with Gasteiger partial charge in [0.05, 0.1) is 0 Å². The molecular weight excluding hydrogens is 126 g/mol. The summed E-state index contributed by atoms with van der Waals surface area (Å²) in [4.78, 5) is 10.9. The highest BCUT2D eigenvalue weighted by Gasteiger charge is 2.13. The van der Waals surface area contributed by atoms with Gasteiger partial charge in [-0.05, 0) is 19.3 Å². The number of carbonyl (C=O) groups is 1. The number of rotatable bonds is 1. The summed E-state index contributed by atoms with van der Waals surface area (Å²) in [5.41, 5.74) is 0. The summed E-state index contributed by atoms with van der Waals surface area (Å²) in [6.07, 6.45) is 5.25. The van der Waals surface area contributed by atoms with Crippen LogP contribution in [-0.2, 0) is 4.79 Å². The fraction of sp³-hybridized carbons (Fsp3) is 0.875. The Morgan fingerprint density at radius 1 is 1.60 bits per heavy atom. The zero-order chi connectivity index (χ0) is 7.40. The average molecular weight is 141 g/mol. The molecule has 2 heteroatoms. The summed E-state index contributed by atoms with van der Waals surface area (Å²) in [7, 11) is 0. The molecule has 2 nitrogen and oxygen atoms in total. The lowest BCUT2D eigenvalue weighted by Crippen LogP contribution is -2.31. The molecule has 0 bridgehead atoms. The van der Waals surface area contributed by atoms with E-state index in [0.29, 0.717) is 6.04 Å². The second kappa shape index (κ2) is 3.59. The van der Waals surface area contributed by atoms with E-state index in [-0.39, 0.29) is 5.91 Å². The van der Waals surface area contributed by atoms with E-state index < -0.39 is 0 Å². The van der Waals surface area contributed by atoms with Crippen LogP contribution in [0.5, 0.6) is 0 Å². The molecule has 1 unspecified atom stereocenters. The van der Waals surface area contributed by atoms with Crippen molar-refractivity contribution < 1.29 is 4.79 Å². The minimum Gasteiger partial charge on any atom is -0.353 e. The summed E-state index contributed by atoms with van der Waals surface area (Å²) < 4.78 is 0. The monoisotopic (exact) mass is 141 g/mol. The molecule has 10 heavy (non-hydrogen) atoms. The van der Waals surface area contributed by atoms with Crippen molar-refractivity contribution in [3.63, 3.8) is 0 Å². The fourth-order valence-corrected chi connectivity index (χ4v) is 1.35. The van der Waals surface area contributed by atoms with Crippen molar-refractivity contribution in [1.82, 2.24) is 5.32 Å². The second-order valence-electron chi connectivity index (χ2n) is 2.92. The van der Waals surface area contributed by atoms with Crippen LogP contribution >= 0.6 is 0 Å². The lowest BCUT2D eigenvalue weighted by atomic mass is 10.1. The summed E-state index contributed by atoms with van der Waals surface area (Å²) in [5, 5.41) is 2.99. The van der Waals surface area contributed by atoms with Crippen LogP contribution in [0.4, 0.5) is 0 Å². The van der Waals surface area contributed by atoms with E-state index in [9.17, 15) is 4.79 Å². The highest BCUT2D eigenvalue weighted by atomic mass is 16.1. The fourth-order valence-electron chi connectivity index (χ4n) is 1.35. The molecule has 0 aromatic rings. The number of hydrogen-bond donors (Lipinski definition) is 1. The van der Waals surface area contributed by atoms with Crippen molar-refractivity contribution in [3.8, 4) is 0 Å². The normalized spacial score (nSPS) is 27.3. The molecule has 58 valence electrons. The molecule has 1 fully saturated rings. The molecule has 1 N–H and O–H groups in total. The van der Waals surface area contributed by atoms with Gasteiger partial charge >= 0.3 is 0 Å². The number of nitrogens with one attached hydrogen (secondary N) is 1. The number of hydrogen-bond acceptors (Lipinski definition) is 1. The second-order valence-corrected chi connectivity index (χ2v) is 2.92. The van der Waals surface area contributed by atoms with Gasteiger partial charge in [-0.25, -0.2) is 0 Å². The van der Waals surface area contributed by atoms with Crippen LogP contribution < -0.4 is 5.32 Å². The van der Waals surface area contributed by atoms with Gasteiger partial charge in [0.25, 0.3) is 0 Å². The Labute approximate surface area is 62.0 Å². The lowest BCUT2D eigenvalue weighted by Gasteiger charge is -2.11. The molecule has 0 radical (unpaired) electrons. The third-order valence-electron chi connectivity index (χ3n) is 2.06. The van der Waals surface area contributed by atoms with Crippen LogP contribution in [0.3, 0.4) is 0 Å². The zero-order valence-electron chi connectivity index (χ0n) is 6.52. The van der Waals surface area contributed by atoms with E-state index in [0.717, 1.165) is 19.3 Å². The summed E-state index contributed by atoms with van der Waals surface area (Å²) >= 11 is 0. The van der Waals surface area contributed by atoms with Crippen molar-refractivity contribution in [1.29, 1.82) is 0 Å². The molecule has 1 aliphatic rings. The van der Waals surface area contributed by atoms with Gasteiger partial charge in [-0.2, -0.15) is 0 Å². The van der Waals surface area contributed by atoms with E-state index in [1.807, 2.05) is 0 Å². The Balaban J connectivity index is 2.38. The van der Waals surface area contributed by atoms with Gasteiger partial charge in [0.2, 0.25) is 5.91 Å². The van der Waals surface area contributed by atoms with E-state index in [1.54, 1.807) is 0 Å². The van der Waals surface area contributed by atoms with Gasteiger partial charge in [-0.3, -0.25) is 4.79 Å². The third kappa shape index (κ3) is 2.01. The van der Waals surface area contributed by atoms with Crippen molar-refractivity contribution >= 4 is 5.91 Å². The van der Waals surface area contributed by atoms with Gasteiger partial charge < -0.3 is 5.32 Å². The molecule has 0 aromatic heterocycles. The van der Waals surface area contributed by atoms with Crippen LogP contribution in [0.25, 0.3) is 0 Å². The Hall–Kier alpha value is -0.530. The molecule has 1 saturated heterocycles. The topological polar surface area (TPSA) is 29.1 Å². The SMILES string of the molecule is CCC1CCCCC(=O)N1. The first-order chi connectivity index (χ1) is 4.83. The molecule has 1 rings (SSSR count). The Bertz CT molecular complexity index is 122. The van der Waals surface area contributed by atoms with Gasteiger partial charge in [0.15, 0.2) is 0 Å². The van der Waals surface area contributed by atoms with Gasteiger partial charge in [-0.1, -0.05) is 13.3 Å². The van der Waals surface area contributed by atoms with E-state index in [1.165, 1.54) is 12.8 Å². The van der Waals surface area contributed by atoms with E-state index in [2.05, 4.69) is 12.2 Å². The molecule has 1 heterocycles. The maximum atomic E-state index is 10.9. The van der Waals surface area contributed by atoms with Crippen LogP contribution in [0, 0.1) is 0 Å². The average Bonchev–Trinajstić information content (AvgIpc) is 2.13. The highest BCUT2D eigenvalue weighted by Crippen LogP contribution is 2.10. The van der Waals surface area contributed by atoms with Crippen molar-refractivity contribution in [2.45, 2.75) is 45.1 Å². The Morgan fingerprint density at radius 2 is 2.40 bits per heavy atom.